The molecule has 0 radical (unpaired) electrons. The highest BCUT2D eigenvalue weighted by molar-refractivity contribution is 6.08. The van der Waals surface area contributed by atoms with E-state index in [4.69, 9.17) is 4.74 Å². The van der Waals surface area contributed by atoms with Crippen molar-refractivity contribution in [1.29, 1.82) is 0 Å². The number of carbonyl (C=O) groups excluding carboxylic acids is 2. The molecular formula is C22H30N2O4. The van der Waals surface area contributed by atoms with Crippen LogP contribution in [0.1, 0.15) is 62.7 Å². The first-order valence-corrected chi connectivity index (χ1v) is 10.0. The number of aromatic hydroxyl groups is 1. The second-order valence-corrected chi connectivity index (χ2v) is 6.79. The van der Waals surface area contributed by atoms with E-state index in [0.29, 0.717) is 29.6 Å². The monoisotopic (exact) mass is 386 g/mol. The van der Waals surface area contributed by atoms with Crippen molar-refractivity contribution in [2.75, 3.05) is 18.5 Å². The number of ether oxygens (including phenoxy) is 1. The number of hydrogen-bond donors (Lipinski definition) is 3. The van der Waals surface area contributed by atoms with Crippen molar-refractivity contribution >= 4 is 28.5 Å². The average Bonchev–Trinajstić information content (AvgIpc) is 2.68. The number of amides is 2. The number of nitrogens with one attached hydrogen (secondary N) is 2. The van der Waals surface area contributed by atoms with Gasteiger partial charge >= 0.3 is 6.09 Å². The normalized spacial score (nSPS) is 10.6. The molecule has 28 heavy (non-hydrogen) atoms. The Kier molecular flexibility index (Phi) is 8.59. The van der Waals surface area contributed by atoms with Gasteiger partial charge in [0.25, 0.3) is 5.91 Å². The summed E-state index contributed by atoms with van der Waals surface area (Å²) in [7, 11) is 0. The molecule has 3 N–H and O–H groups in total. The minimum Gasteiger partial charge on any atom is -0.506 e. The first-order chi connectivity index (χ1) is 13.6. The molecular weight excluding hydrogens is 356 g/mol. The summed E-state index contributed by atoms with van der Waals surface area (Å²) in [5.41, 5.74) is 0.756. The molecule has 0 heterocycles. The van der Waals surface area contributed by atoms with E-state index in [2.05, 4.69) is 17.6 Å². The lowest BCUT2D eigenvalue weighted by Crippen LogP contribution is -2.24. The van der Waals surface area contributed by atoms with Crippen LogP contribution in [0.5, 0.6) is 5.75 Å². The Labute approximate surface area is 166 Å². The molecule has 6 heteroatoms. The third-order valence-corrected chi connectivity index (χ3v) is 4.56. The van der Waals surface area contributed by atoms with Crippen molar-refractivity contribution in [2.45, 2.75) is 52.4 Å². The molecule has 0 saturated heterocycles. The molecule has 2 rings (SSSR count). The van der Waals surface area contributed by atoms with E-state index in [9.17, 15) is 14.7 Å². The number of fused-ring (bicyclic) bond motifs is 1. The SMILES string of the molecule is CCCCCCNC(=O)c1ccc2c(NC(=O)OCCCC)cccc2c1O. The van der Waals surface area contributed by atoms with Crippen LogP contribution >= 0.6 is 0 Å². The van der Waals surface area contributed by atoms with Crippen molar-refractivity contribution in [3.05, 3.63) is 35.9 Å². The maximum absolute atomic E-state index is 12.4. The second-order valence-electron chi connectivity index (χ2n) is 6.79. The van der Waals surface area contributed by atoms with Crippen LogP contribution in [0.4, 0.5) is 10.5 Å². The first-order valence-electron chi connectivity index (χ1n) is 10.0. The highest BCUT2D eigenvalue weighted by atomic mass is 16.5. The Hall–Kier alpha value is -2.76. The fourth-order valence-electron chi connectivity index (χ4n) is 2.94. The van der Waals surface area contributed by atoms with Gasteiger partial charge in [-0.05, 0) is 25.0 Å². The third kappa shape index (κ3) is 5.87. The van der Waals surface area contributed by atoms with Crippen molar-refractivity contribution in [1.82, 2.24) is 5.32 Å². The molecule has 0 atom stereocenters. The Balaban J connectivity index is 2.10. The zero-order chi connectivity index (χ0) is 20.4. The fourth-order valence-corrected chi connectivity index (χ4v) is 2.94. The van der Waals surface area contributed by atoms with E-state index in [1.54, 1.807) is 30.3 Å². The summed E-state index contributed by atoms with van der Waals surface area (Å²) in [4.78, 5) is 24.3. The Morgan fingerprint density at radius 2 is 1.75 bits per heavy atom. The van der Waals surface area contributed by atoms with E-state index in [1.165, 1.54) is 0 Å². The van der Waals surface area contributed by atoms with Gasteiger partial charge in [0.1, 0.15) is 5.75 Å². The van der Waals surface area contributed by atoms with Crippen molar-refractivity contribution in [2.24, 2.45) is 0 Å². The predicted molar refractivity (Wildman–Crippen MR) is 112 cm³/mol. The summed E-state index contributed by atoms with van der Waals surface area (Å²) in [6.45, 7) is 5.11. The summed E-state index contributed by atoms with van der Waals surface area (Å²) in [5, 5.41) is 17.3. The van der Waals surface area contributed by atoms with Crippen molar-refractivity contribution in [3.63, 3.8) is 0 Å². The lowest BCUT2D eigenvalue weighted by atomic mass is 10.0. The molecule has 0 aliphatic carbocycles. The van der Waals surface area contributed by atoms with Gasteiger partial charge in [0.05, 0.1) is 17.9 Å². The third-order valence-electron chi connectivity index (χ3n) is 4.56. The quantitative estimate of drug-likeness (QED) is 0.490. The van der Waals surface area contributed by atoms with Gasteiger partial charge in [0.2, 0.25) is 0 Å². The molecule has 0 bridgehead atoms. The maximum atomic E-state index is 12.4. The maximum Gasteiger partial charge on any atom is 0.411 e. The first kappa shape index (κ1) is 21.5. The molecule has 2 aromatic carbocycles. The van der Waals surface area contributed by atoms with E-state index < -0.39 is 6.09 Å². The van der Waals surface area contributed by atoms with Crippen LogP contribution in [0.3, 0.4) is 0 Å². The van der Waals surface area contributed by atoms with Gasteiger partial charge in [0, 0.05) is 17.3 Å². The van der Waals surface area contributed by atoms with Gasteiger partial charge < -0.3 is 15.2 Å². The number of benzene rings is 2. The second kappa shape index (κ2) is 11.2. The largest absolute Gasteiger partial charge is 0.506 e. The van der Waals surface area contributed by atoms with E-state index >= 15 is 0 Å². The summed E-state index contributed by atoms with van der Waals surface area (Å²) in [6, 6.07) is 8.47. The van der Waals surface area contributed by atoms with Crippen LogP contribution < -0.4 is 10.6 Å². The molecule has 2 aromatic rings. The van der Waals surface area contributed by atoms with Crippen LogP contribution in [0.2, 0.25) is 0 Å². The fraction of sp³-hybridized carbons (Fsp3) is 0.455. The van der Waals surface area contributed by atoms with Crippen LogP contribution in [0.15, 0.2) is 30.3 Å². The molecule has 152 valence electrons. The number of carbonyl (C=O) groups is 2. The molecule has 0 aliphatic heterocycles. The van der Waals surface area contributed by atoms with Crippen LogP contribution in [-0.4, -0.2) is 30.3 Å². The van der Waals surface area contributed by atoms with Gasteiger partial charge in [-0.15, -0.1) is 0 Å². The molecule has 2 amide bonds. The van der Waals surface area contributed by atoms with Crippen molar-refractivity contribution < 1.29 is 19.4 Å². The molecule has 0 saturated carbocycles. The summed E-state index contributed by atoms with van der Waals surface area (Å²) in [5.74, 6) is -0.389. The van der Waals surface area contributed by atoms with Gasteiger partial charge in [-0.3, -0.25) is 10.1 Å². The van der Waals surface area contributed by atoms with Crippen molar-refractivity contribution in [3.8, 4) is 5.75 Å². The number of anilines is 1. The highest BCUT2D eigenvalue weighted by Crippen LogP contribution is 2.33. The average molecular weight is 386 g/mol. The topological polar surface area (TPSA) is 87.7 Å². The van der Waals surface area contributed by atoms with Gasteiger partial charge in [-0.1, -0.05) is 57.7 Å². The molecule has 0 spiro atoms. The Bertz CT molecular complexity index is 804. The van der Waals surface area contributed by atoms with Gasteiger partial charge in [0.15, 0.2) is 0 Å². The minimum atomic E-state index is -0.533. The van der Waals surface area contributed by atoms with E-state index in [0.717, 1.165) is 38.5 Å². The zero-order valence-electron chi connectivity index (χ0n) is 16.7. The Morgan fingerprint density at radius 3 is 2.50 bits per heavy atom. The smallest absolute Gasteiger partial charge is 0.411 e. The summed E-state index contributed by atoms with van der Waals surface area (Å²) in [6.07, 6.45) is 5.50. The molecule has 0 aromatic heterocycles. The van der Waals surface area contributed by atoms with Crippen LogP contribution in [-0.2, 0) is 4.74 Å². The highest BCUT2D eigenvalue weighted by Gasteiger charge is 2.15. The summed E-state index contributed by atoms with van der Waals surface area (Å²) >= 11 is 0. The Morgan fingerprint density at radius 1 is 0.964 bits per heavy atom. The molecule has 6 nitrogen and oxygen atoms in total. The number of hydrogen-bond acceptors (Lipinski definition) is 4. The van der Waals surface area contributed by atoms with E-state index in [-0.39, 0.29) is 17.2 Å². The number of phenolic OH excluding ortho intramolecular Hbond substituents is 1. The van der Waals surface area contributed by atoms with Gasteiger partial charge in [-0.2, -0.15) is 0 Å². The molecule has 0 unspecified atom stereocenters. The minimum absolute atomic E-state index is 0.0911. The zero-order valence-corrected chi connectivity index (χ0v) is 16.7. The van der Waals surface area contributed by atoms with Crippen LogP contribution in [0.25, 0.3) is 10.8 Å². The standard InChI is InChI=1S/C22H30N2O4/c1-3-5-7-8-14-23-21(26)18-13-12-16-17(20(18)25)10-9-11-19(16)24-22(27)28-15-6-4-2/h9-13,25H,3-8,14-15H2,1-2H3,(H,23,26)(H,24,27). The lowest BCUT2D eigenvalue weighted by Gasteiger charge is -2.12. The molecule has 0 aliphatic rings. The number of phenols is 1. The van der Waals surface area contributed by atoms with Gasteiger partial charge in [-0.25, -0.2) is 4.79 Å². The van der Waals surface area contributed by atoms with E-state index in [1.807, 2.05) is 6.92 Å². The summed E-state index contributed by atoms with van der Waals surface area (Å²) < 4.78 is 5.12. The molecule has 0 fully saturated rings. The number of rotatable bonds is 10. The lowest BCUT2D eigenvalue weighted by molar-refractivity contribution is 0.0950. The number of unbranched alkanes of at least 4 members (excludes halogenated alkanes) is 4. The van der Waals surface area contributed by atoms with Crippen LogP contribution in [0, 0.1) is 0 Å². The predicted octanol–water partition coefficient (Wildman–Crippen LogP) is 5.20.